The van der Waals surface area contributed by atoms with E-state index in [4.69, 9.17) is 0 Å². The number of fused-ring (bicyclic) bond motifs is 1. The third-order valence-corrected chi connectivity index (χ3v) is 3.32. The Kier molecular flexibility index (Phi) is 3.39. The second-order valence-electron chi connectivity index (χ2n) is 3.81. The third-order valence-electron chi connectivity index (χ3n) is 2.76. The predicted molar refractivity (Wildman–Crippen MR) is 56.6 cm³/mol. The number of rotatable bonds is 2. The van der Waals surface area contributed by atoms with Crippen molar-refractivity contribution in [3.63, 3.8) is 0 Å². The van der Waals surface area contributed by atoms with Crippen LogP contribution in [0, 0.1) is 5.92 Å². The van der Waals surface area contributed by atoms with Crippen LogP contribution in [0.4, 0.5) is 8.78 Å². The van der Waals surface area contributed by atoms with Gasteiger partial charge in [-0.25, -0.2) is 18.7 Å². The monoisotopic (exact) mass is 246 g/mol. The van der Waals surface area contributed by atoms with Gasteiger partial charge >= 0.3 is 0 Å². The predicted octanol–water partition coefficient (Wildman–Crippen LogP) is 2.06. The molecule has 16 heavy (non-hydrogen) atoms. The van der Waals surface area contributed by atoms with Crippen molar-refractivity contribution in [3.05, 3.63) is 17.5 Å². The molecule has 0 amide bonds. The summed E-state index contributed by atoms with van der Waals surface area (Å²) in [4.78, 5) is 8.21. The van der Waals surface area contributed by atoms with E-state index >= 15 is 0 Å². The van der Waals surface area contributed by atoms with Gasteiger partial charge in [-0.1, -0.05) is 11.8 Å². The van der Waals surface area contributed by atoms with Gasteiger partial charge in [-0.2, -0.15) is 0 Å². The van der Waals surface area contributed by atoms with Crippen LogP contribution >= 0.6 is 11.8 Å². The van der Waals surface area contributed by atoms with Crippen LogP contribution in [0.2, 0.25) is 0 Å². The lowest BCUT2D eigenvalue weighted by Crippen LogP contribution is -2.25. The standard InChI is InChI=1S/C10H12F2N2OS/c1-16-10-13-4-6-7(14-10)2-5(9(11)12)3-8(6)15/h4-5,8-9,15H,2-3H2,1H3/t5-,8-/m0/s1. The summed E-state index contributed by atoms with van der Waals surface area (Å²) in [6.45, 7) is 0. The molecule has 0 bridgehead atoms. The highest BCUT2D eigenvalue weighted by molar-refractivity contribution is 7.98. The van der Waals surface area contributed by atoms with Gasteiger partial charge < -0.3 is 5.11 Å². The molecule has 88 valence electrons. The van der Waals surface area contributed by atoms with Gasteiger partial charge in [0.25, 0.3) is 0 Å². The fourth-order valence-electron chi connectivity index (χ4n) is 1.89. The minimum Gasteiger partial charge on any atom is -0.388 e. The van der Waals surface area contributed by atoms with Crippen molar-refractivity contribution in [2.75, 3.05) is 6.26 Å². The first-order valence-corrected chi connectivity index (χ1v) is 6.20. The number of aromatic nitrogens is 2. The molecule has 0 radical (unpaired) electrons. The molecule has 1 aliphatic carbocycles. The topological polar surface area (TPSA) is 46.0 Å². The molecule has 0 unspecified atom stereocenters. The van der Waals surface area contributed by atoms with Gasteiger partial charge in [-0.05, 0) is 19.1 Å². The maximum Gasteiger partial charge on any atom is 0.241 e. The number of halogens is 2. The first kappa shape index (κ1) is 11.7. The van der Waals surface area contributed by atoms with Crippen LogP contribution in [0.1, 0.15) is 23.8 Å². The molecule has 6 heteroatoms. The molecule has 1 N–H and O–H groups in total. The van der Waals surface area contributed by atoms with E-state index in [0.29, 0.717) is 16.4 Å². The van der Waals surface area contributed by atoms with E-state index in [1.165, 1.54) is 11.8 Å². The summed E-state index contributed by atoms with van der Waals surface area (Å²) in [6.07, 6.45) is 0.410. The smallest absolute Gasteiger partial charge is 0.241 e. The summed E-state index contributed by atoms with van der Waals surface area (Å²) in [5, 5.41) is 10.3. The van der Waals surface area contributed by atoms with Crippen LogP contribution < -0.4 is 0 Å². The van der Waals surface area contributed by atoms with Crippen LogP contribution in [-0.4, -0.2) is 27.8 Å². The Morgan fingerprint density at radius 1 is 1.56 bits per heavy atom. The highest BCUT2D eigenvalue weighted by atomic mass is 32.2. The molecule has 1 heterocycles. The quantitative estimate of drug-likeness (QED) is 0.641. The van der Waals surface area contributed by atoms with Crippen molar-refractivity contribution in [3.8, 4) is 0 Å². The van der Waals surface area contributed by atoms with E-state index in [-0.39, 0.29) is 12.8 Å². The fourth-order valence-corrected chi connectivity index (χ4v) is 2.25. The Bertz CT molecular complexity index is 389. The van der Waals surface area contributed by atoms with Gasteiger partial charge in [0.2, 0.25) is 6.43 Å². The second-order valence-corrected chi connectivity index (χ2v) is 4.58. The Balaban J connectivity index is 2.31. The maximum atomic E-state index is 12.6. The molecule has 0 spiro atoms. The van der Waals surface area contributed by atoms with Gasteiger partial charge in [0.05, 0.1) is 11.8 Å². The van der Waals surface area contributed by atoms with Crippen LogP contribution in [0.3, 0.4) is 0 Å². The minimum atomic E-state index is -2.41. The minimum absolute atomic E-state index is 0.0899. The Hall–Kier alpha value is -0.750. The molecule has 2 rings (SSSR count). The average molecular weight is 246 g/mol. The van der Waals surface area contributed by atoms with Crippen molar-refractivity contribution in [2.24, 2.45) is 5.92 Å². The highest BCUT2D eigenvalue weighted by Crippen LogP contribution is 2.35. The summed E-state index contributed by atoms with van der Waals surface area (Å²) in [7, 11) is 0. The number of thioether (sulfide) groups is 1. The zero-order chi connectivity index (χ0) is 11.7. The van der Waals surface area contributed by atoms with Crippen LogP contribution in [0.25, 0.3) is 0 Å². The first-order chi connectivity index (χ1) is 7.61. The molecule has 2 atom stereocenters. The molecular weight excluding hydrogens is 234 g/mol. The second kappa shape index (κ2) is 4.63. The molecule has 0 saturated heterocycles. The normalized spacial score (nSPS) is 24.6. The van der Waals surface area contributed by atoms with Crippen LogP contribution in [0.5, 0.6) is 0 Å². The summed E-state index contributed by atoms with van der Waals surface area (Å²) in [5.41, 5.74) is 1.15. The molecule has 1 aliphatic rings. The fraction of sp³-hybridized carbons (Fsp3) is 0.600. The lowest BCUT2D eigenvalue weighted by atomic mass is 9.86. The largest absolute Gasteiger partial charge is 0.388 e. The summed E-state index contributed by atoms with van der Waals surface area (Å²) < 4.78 is 25.2. The lowest BCUT2D eigenvalue weighted by Gasteiger charge is -2.27. The molecule has 0 fully saturated rings. The molecule has 3 nitrogen and oxygen atoms in total. The molecule has 1 aromatic rings. The van der Waals surface area contributed by atoms with Crippen molar-refractivity contribution >= 4 is 11.8 Å². The lowest BCUT2D eigenvalue weighted by molar-refractivity contribution is 0.0288. The van der Waals surface area contributed by atoms with Gasteiger partial charge in [-0.3, -0.25) is 0 Å². The van der Waals surface area contributed by atoms with Crippen molar-refractivity contribution in [1.82, 2.24) is 9.97 Å². The Morgan fingerprint density at radius 3 is 2.94 bits per heavy atom. The number of nitrogens with zero attached hydrogens (tertiary/aromatic N) is 2. The van der Waals surface area contributed by atoms with E-state index in [1.54, 1.807) is 6.20 Å². The maximum absolute atomic E-state index is 12.6. The molecule has 0 aliphatic heterocycles. The first-order valence-electron chi connectivity index (χ1n) is 4.98. The van der Waals surface area contributed by atoms with Gasteiger partial charge in [0.15, 0.2) is 5.16 Å². The van der Waals surface area contributed by atoms with Crippen molar-refractivity contribution in [1.29, 1.82) is 0 Å². The zero-order valence-electron chi connectivity index (χ0n) is 8.73. The van der Waals surface area contributed by atoms with Crippen LogP contribution in [0.15, 0.2) is 11.4 Å². The van der Waals surface area contributed by atoms with E-state index in [9.17, 15) is 13.9 Å². The molecule has 1 aromatic heterocycles. The van der Waals surface area contributed by atoms with E-state index in [2.05, 4.69) is 9.97 Å². The number of hydrogen-bond acceptors (Lipinski definition) is 4. The highest BCUT2D eigenvalue weighted by Gasteiger charge is 2.32. The van der Waals surface area contributed by atoms with Crippen molar-refractivity contribution < 1.29 is 13.9 Å². The average Bonchev–Trinajstić information content (AvgIpc) is 2.28. The number of aliphatic hydroxyl groups excluding tert-OH is 1. The van der Waals surface area contributed by atoms with Gasteiger partial charge in [-0.15, -0.1) is 0 Å². The van der Waals surface area contributed by atoms with E-state index in [0.717, 1.165) is 0 Å². The molecule has 0 saturated carbocycles. The van der Waals surface area contributed by atoms with E-state index < -0.39 is 18.4 Å². The summed E-state index contributed by atoms with van der Waals surface area (Å²) in [5.74, 6) is -0.799. The van der Waals surface area contributed by atoms with Crippen molar-refractivity contribution in [2.45, 2.75) is 30.5 Å². The van der Waals surface area contributed by atoms with Gasteiger partial charge in [0, 0.05) is 17.7 Å². The third kappa shape index (κ3) is 2.17. The number of aliphatic hydroxyl groups is 1. The molecule has 0 aromatic carbocycles. The number of hydrogen-bond donors (Lipinski definition) is 1. The van der Waals surface area contributed by atoms with Gasteiger partial charge in [0.1, 0.15) is 0 Å². The summed E-state index contributed by atoms with van der Waals surface area (Å²) >= 11 is 1.36. The Labute approximate surface area is 96.3 Å². The Morgan fingerprint density at radius 2 is 2.31 bits per heavy atom. The zero-order valence-corrected chi connectivity index (χ0v) is 9.55. The van der Waals surface area contributed by atoms with Crippen LogP contribution in [-0.2, 0) is 6.42 Å². The molecular formula is C10H12F2N2OS. The van der Waals surface area contributed by atoms with E-state index in [1.807, 2.05) is 6.26 Å². The summed E-state index contributed by atoms with van der Waals surface area (Å²) in [6, 6.07) is 0. The SMILES string of the molecule is CSc1ncc2c(n1)C[C@H](C(F)F)C[C@@H]2O. The number of alkyl halides is 2.